The zero-order valence-corrected chi connectivity index (χ0v) is 15.8. The molecule has 0 bridgehead atoms. The van der Waals surface area contributed by atoms with Crippen LogP contribution in [0.3, 0.4) is 0 Å². The number of nitrogens with zero attached hydrogens (tertiary/aromatic N) is 5. The van der Waals surface area contributed by atoms with Gasteiger partial charge in [-0.25, -0.2) is 18.4 Å². The first-order valence-corrected chi connectivity index (χ1v) is 9.12. The first kappa shape index (κ1) is 19.5. The topological polar surface area (TPSA) is 68.8 Å². The van der Waals surface area contributed by atoms with Crippen LogP contribution < -0.4 is 0 Å². The highest BCUT2D eigenvalue weighted by Gasteiger charge is 2.34. The van der Waals surface area contributed by atoms with E-state index < -0.39 is 17.2 Å². The minimum Gasteiger partial charge on any atom is -0.381 e. The van der Waals surface area contributed by atoms with Gasteiger partial charge in [0.25, 0.3) is 0 Å². The fraction of sp³-hybridized carbons (Fsp3) is 0.136. The minimum atomic E-state index is -1.75. The lowest BCUT2D eigenvalue weighted by atomic mass is 9.93. The summed E-state index contributed by atoms with van der Waals surface area (Å²) < 4.78 is 30.7. The summed E-state index contributed by atoms with van der Waals surface area (Å²) in [6.45, 7) is -0.192. The molecule has 150 valence electrons. The molecule has 1 unspecified atom stereocenters. The Morgan fingerprint density at radius 1 is 0.933 bits per heavy atom. The molecular weight excluding hydrogens is 388 g/mol. The molecule has 30 heavy (non-hydrogen) atoms. The number of rotatable bonds is 5. The Hall–Kier alpha value is -3.83. The first-order chi connectivity index (χ1) is 14.5. The second kappa shape index (κ2) is 8.27. The van der Waals surface area contributed by atoms with Gasteiger partial charge in [-0.1, -0.05) is 36.1 Å². The lowest BCUT2D eigenvalue weighted by molar-refractivity contribution is -0.00847. The van der Waals surface area contributed by atoms with E-state index in [9.17, 15) is 13.9 Å². The van der Waals surface area contributed by atoms with Gasteiger partial charge in [-0.05, 0) is 18.2 Å². The van der Waals surface area contributed by atoms with Gasteiger partial charge in [-0.15, -0.1) is 0 Å². The van der Waals surface area contributed by atoms with Gasteiger partial charge in [0.05, 0.1) is 24.8 Å². The van der Waals surface area contributed by atoms with Crippen LogP contribution in [0.25, 0.3) is 0 Å². The van der Waals surface area contributed by atoms with Crippen molar-refractivity contribution in [3.63, 3.8) is 0 Å². The van der Waals surface area contributed by atoms with Crippen molar-refractivity contribution in [2.45, 2.75) is 18.7 Å². The van der Waals surface area contributed by atoms with Crippen molar-refractivity contribution < 1.29 is 13.9 Å². The summed E-state index contributed by atoms with van der Waals surface area (Å²) in [7, 11) is 0. The van der Waals surface area contributed by atoms with E-state index in [1.165, 1.54) is 28.1 Å². The summed E-state index contributed by atoms with van der Waals surface area (Å²) in [4.78, 5) is 3.85. The normalized spacial score (nSPS) is 12.8. The van der Waals surface area contributed by atoms with E-state index in [-0.39, 0.29) is 18.7 Å². The number of hydrogen-bond donors (Lipinski definition) is 1. The van der Waals surface area contributed by atoms with Gasteiger partial charge in [0, 0.05) is 23.4 Å². The SMILES string of the molecule is OC(Cn1cncn1)(Cn1cc(C#Cc2ccccc2)cn1)c1ccc(F)cc1F. The van der Waals surface area contributed by atoms with Gasteiger partial charge in [-0.3, -0.25) is 4.68 Å². The summed E-state index contributed by atoms with van der Waals surface area (Å²) in [6, 6.07) is 12.6. The Labute approximate surface area is 171 Å². The average Bonchev–Trinajstić information content (AvgIpc) is 3.39. The molecule has 0 aliphatic carbocycles. The molecule has 0 aliphatic heterocycles. The van der Waals surface area contributed by atoms with E-state index in [1.54, 1.807) is 12.4 Å². The maximum atomic E-state index is 14.5. The number of aliphatic hydroxyl groups is 1. The molecule has 2 aromatic carbocycles. The Morgan fingerprint density at radius 3 is 2.43 bits per heavy atom. The van der Waals surface area contributed by atoms with E-state index in [4.69, 9.17) is 0 Å². The minimum absolute atomic E-state index is 0.0631. The lowest BCUT2D eigenvalue weighted by Gasteiger charge is -2.28. The molecule has 1 atom stereocenters. The molecule has 4 rings (SSSR count). The third-order valence-corrected chi connectivity index (χ3v) is 4.50. The predicted octanol–water partition coefficient (Wildman–Crippen LogP) is 2.74. The Morgan fingerprint density at radius 2 is 1.70 bits per heavy atom. The van der Waals surface area contributed by atoms with Gasteiger partial charge in [-0.2, -0.15) is 10.2 Å². The van der Waals surface area contributed by atoms with Crippen molar-refractivity contribution in [1.82, 2.24) is 24.5 Å². The molecule has 2 aromatic heterocycles. The Bertz CT molecular complexity index is 1200. The second-order valence-corrected chi connectivity index (χ2v) is 6.79. The highest BCUT2D eigenvalue weighted by atomic mass is 19.1. The van der Waals surface area contributed by atoms with E-state index in [0.29, 0.717) is 5.56 Å². The molecule has 0 aliphatic rings. The van der Waals surface area contributed by atoms with Gasteiger partial charge in [0.1, 0.15) is 29.9 Å². The molecule has 0 saturated carbocycles. The maximum Gasteiger partial charge on any atom is 0.137 e. The quantitative estimate of drug-likeness (QED) is 0.519. The lowest BCUT2D eigenvalue weighted by Crippen LogP contribution is -2.37. The van der Waals surface area contributed by atoms with Crippen LogP contribution >= 0.6 is 0 Å². The van der Waals surface area contributed by atoms with E-state index in [2.05, 4.69) is 27.0 Å². The van der Waals surface area contributed by atoms with Gasteiger partial charge >= 0.3 is 0 Å². The monoisotopic (exact) mass is 405 g/mol. The molecule has 0 amide bonds. The second-order valence-electron chi connectivity index (χ2n) is 6.79. The van der Waals surface area contributed by atoms with Crippen LogP contribution in [0.4, 0.5) is 8.78 Å². The summed E-state index contributed by atoms with van der Waals surface area (Å²) >= 11 is 0. The van der Waals surface area contributed by atoms with Crippen molar-refractivity contribution in [1.29, 1.82) is 0 Å². The van der Waals surface area contributed by atoms with Crippen molar-refractivity contribution in [2.24, 2.45) is 0 Å². The van der Waals surface area contributed by atoms with Crippen molar-refractivity contribution in [3.05, 3.63) is 102 Å². The molecule has 0 spiro atoms. The summed E-state index contributed by atoms with van der Waals surface area (Å²) in [5, 5.41) is 19.6. The van der Waals surface area contributed by atoms with Crippen molar-refractivity contribution in [2.75, 3.05) is 0 Å². The van der Waals surface area contributed by atoms with Crippen molar-refractivity contribution >= 4 is 0 Å². The smallest absolute Gasteiger partial charge is 0.137 e. The number of hydrogen-bond acceptors (Lipinski definition) is 4. The number of benzene rings is 2. The highest BCUT2D eigenvalue weighted by Crippen LogP contribution is 2.28. The Balaban J connectivity index is 1.63. The average molecular weight is 405 g/mol. The molecule has 4 aromatic rings. The van der Waals surface area contributed by atoms with Crippen LogP contribution in [-0.2, 0) is 18.7 Å². The highest BCUT2D eigenvalue weighted by molar-refractivity contribution is 5.40. The predicted molar refractivity (Wildman–Crippen MR) is 105 cm³/mol. The van der Waals surface area contributed by atoms with Gasteiger partial charge < -0.3 is 5.11 Å². The fourth-order valence-corrected chi connectivity index (χ4v) is 3.12. The molecule has 2 heterocycles. The zero-order valence-electron chi connectivity index (χ0n) is 15.8. The summed E-state index contributed by atoms with van der Waals surface area (Å²) in [6.07, 6.45) is 5.94. The van der Waals surface area contributed by atoms with E-state index in [0.717, 1.165) is 17.7 Å². The van der Waals surface area contributed by atoms with Crippen LogP contribution in [0.1, 0.15) is 16.7 Å². The van der Waals surface area contributed by atoms with Crippen LogP contribution in [0.15, 0.2) is 73.6 Å². The summed E-state index contributed by atoms with van der Waals surface area (Å²) in [5.74, 6) is 4.46. The molecule has 0 radical (unpaired) electrons. The van der Waals surface area contributed by atoms with Gasteiger partial charge in [0.15, 0.2) is 0 Å². The van der Waals surface area contributed by atoms with Crippen LogP contribution in [0, 0.1) is 23.5 Å². The van der Waals surface area contributed by atoms with Crippen LogP contribution in [0.5, 0.6) is 0 Å². The van der Waals surface area contributed by atoms with Crippen LogP contribution in [-0.4, -0.2) is 29.7 Å². The molecule has 6 nitrogen and oxygen atoms in total. The maximum absolute atomic E-state index is 14.5. The van der Waals surface area contributed by atoms with Crippen LogP contribution in [0.2, 0.25) is 0 Å². The largest absolute Gasteiger partial charge is 0.381 e. The molecular formula is C22H17F2N5O. The fourth-order valence-electron chi connectivity index (χ4n) is 3.12. The third kappa shape index (κ3) is 4.42. The number of aromatic nitrogens is 5. The van der Waals surface area contributed by atoms with Gasteiger partial charge in [0.2, 0.25) is 0 Å². The van der Waals surface area contributed by atoms with Crippen molar-refractivity contribution in [3.8, 4) is 11.8 Å². The standard InChI is InChI=1S/C22H17F2N5O/c23-19-8-9-20(21(24)10-19)22(30,14-29-16-25-15-27-29)13-28-12-18(11-26-28)7-6-17-4-2-1-3-5-17/h1-5,8-12,15-16,30H,13-14H2. The molecule has 0 saturated heterocycles. The van der Waals surface area contributed by atoms with E-state index >= 15 is 0 Å². The summed E-state index contributed by atoms with van der Waals surface area (Å²) in [5.41, 5.74) is -0.309. The third-order valence-electron chi connectivity index (χ3n) is 4.50. The zero-order chi connectivity index (χ0) is 21.0. The Kier molecular flexibility index (Phi) is 5.37. The number of halogens is 2. The van der Waals surface area contributed by atoms with E-state index in [1.807, 2.05) is 30.3 Å². The molecule has 1 N–H and O–H groups in total. The molecule has 8 heteroatoms. The molecule has 0 fully saturated rings. The first-order valence-electron chi connectivity index (χ1n) is 9.12.